The minimum absolute atomic E-state index is 0.0558. The zero-order valence-corrected chi connectivity index (χ0v) is 16.1. The Morgan fingerprint density at radius 3 is 2.57 bits per heavy atom. The second-order valence-electron chi connectivity index (χ2n) is 6.68. The first kappa shape index (κ1) is 18.0. The predicted molar refractivity (Wildman–Crippen MR) is 104 cm³/mol. The van der Waals surface area contributed by atoms with E-state index in [4.69, 9.17) is 9.47 Å². The molecule has 2 aromatic heterocycles. The first-order valence-corrected chi connectivity index (χ1v) is 9.07. The van der Waals surface area contributed by atoms with Crippen molar-refractivity contribution in [2.75, 3.05) is 20.8 Å². The number of nitrogens with zero attached hydrogens (tertiary/aromatic N) is 4. The highest BCUT2D eigenvalue weighted by atomic mass is 16.5. The summed E-state index contributed by atoms with van der Waals surface area (Å²) in [6.45, 7) is 0.589. The molecule has 7 nitrogen and oxygen atoms in total. The summed E-state index contributed by atoms with van der Waals surface area (Å²) in [5.74, 6) is 1.28. The van der Waals surface area contributed by atoms with Crippen LogP contribution >= 0.6 is 0 Å². The van der Waals surface area contributed by atoms with Crippen LogP contribution in [0, 0.1) is 0 Å². The van der Waals surface area contributed by atoms with Gasteiger partial charge in [-0.15, -0.1) is 0 Å². The molecule has 0 fully saturated rings. The van der Waals surface area contributed by atoms with Gasteiger partial charge in [0.05, 0.1) is 31.5 Å². The van der Waals surface area contributed by atoms with E-state index in [0.717, 1.165) is 23.2 Å². The van der Waals surface area contributed by atoms with Gasteiger partial charge in [-0.1, -0.05) is 0 Å². The Morgan fingerprint density at radius 2 is 1.93 bits per heavy atom. The quantitative estimate of drug-likeness (QED) is 0.698. The fourth-order valence-corrected chi connectivity index (χ4v) is 3.79. The van der Waals surface area contributed by atoms with Gasteiger partial charge < -0.3 is 14.4 Å². The van der Waals surface area contributed by atoms with Crippen LogP contribution < -0.4 is 9.47 Å². The highest BCUT2D eigenvalue weighted by molar-refractivity contribution is 5.94. The van der Waals surface area contributed by atoms with E-state index < -0.39 is 0 Å². The van der Waals surface area contributed by atoms with Crippen molar-refractivity contribution in [3.05, 3.63) is 71.3 Å². The molecule has 0 saturated carbocycles. The van der Waals surface area contributed by atoms with Crippen LogP contribution in [-0.4, -0.2) is 46.3 Å². The number of hydrogen-bond donors (Lipinski definition) is 0. The van der Waals surface area contributed by atoms with Gasteiger partial charge in [-0.2, -0.15) is 5.10 Å². The molecule has 28 heavy (non-hydrogen) atoms. The third-order valence-electron chi connectivity index (χ3n) is 5.18. The number of carbonyl (C=O) groups excluding carboxylic acids is 1. The van der Waals surface area contributed by atoms with Crippen LogP contribution in [0.25, 0.3) is 0 Å². The first-order chi connectivity index (χ1) is 13.6. The Kier molecular flexibility index (Phi) is 4.73. The van der Waals surface area contributed by atoms with E-state index >= 15 is 0 Å². The van der Waals surface area contributed by atoms with Gasteiger partial charge in [0.25, 0.3) is 5.91 Å². The third-order valence-corrected chi connectivity index (χ3v) is 5.18. The molecule has 1 aliphatic rings. The summed E-state index contributed by atoms with van der Waals surface area (Å²) >= 11 is 0. The highest BCUT2D eigenvalue weighted by Crippen LogP contribution is 2.41. The molecule has 4 rings (SSSR count). The van der Waals surface area contributed by atoms with Crippen molar-refractivity contribution in [3.8, 4) is 11.5 Å². The molecule has 3 aromatic rings. The van der Waals surface area contributed by atoms with Crippen molar-refractivity contribution in [1.29, 1.82) is 0 Å². The minimum atomic E-state index is -0.274. The average Bonchev–Trinajstić information content (AvgIpc) is 3.17. The van der Waals surface area contributed by atoms with Crippen LogP contribution in [0.4, 0.5) is 0 Å². The van der Waals surface area contributed by atoms with Gasteiger partial charge >= 0.3 is 0 Å². The third kappa shape index (κ3) is 2.98. The van der Waals surface area contributed by atoms with Gasteiger partial charge in [0.15, 0.2) is 11.5 Å². The Hall–Kier alpha value is -3.35. The smallest absolute Gasteiger partial charge is 0.256 e. The lowest BCUT2D eigenvalue weighted by Crippen LogP contribution is -2.41. The first-order valence-electron chi connectivity index (χ1n) is 9.07. The zero-order chi connectivity index (χ0) is 19.7. The number of amides is 1. The number of fused-ring (bicyclic) bond motifs is 1. The van der Waals surface area contributed by atoms with Gasteiger partial charge in [-0.05, 0) is 47.9 Å². The molecule has 3 heterocycles. The second kappa shape index (κ2) is 7.34. The van der Waals surface area contributed by atoms with Crippen molar-refractivity contribution >= 4 is 5.91 Å². The number of aromatic nitrogens is 3. The number of methoxy groups -OCH3 is 2. The van der Waals surface area contributed by atoms with Crippen molar-refractivity contribution in [2.24, 2.45) is 7.05 Å². The van der Waals surface area contributed by atoms with Crippen LogP contribution in [0.2, 0.25) is 0 Å². The Bertz CT molecular complexity index is 1000. The van der Waals surface area contributed by atoms with Gasteiger partial charge in [-0.3, -0.25) is 14.5 Å². The molecule has 0 unspecified atom stereocenters. The van der Waals surface area contributed by atoms with E-state index in [9.17, 15) is 4.79 Å². The van der Waals surface area contributed by atoms with E-state index in [1.807, 2.05) is 30.1 Å². The van der Waals surface area contributed by atoms with Gasteiger partial charge in [0.1, 0.15) is 0 Å². The van der Waals surface area contributed by atoms with Crippen LogP contribution in [0.3, 0.4) is 0 Å². The molecule has 1 aliphatic heterocycles. The summed E-state index contributed by atoms with van der Waals surface area (Å²) in [6.07, 6.45) is 5.75. The number of benzene rings is 1. The van der Waals surface area contributed by atoms with Crippen molar-refractivity contribution in [1.82, 2.24) is 19.7 Å². The van der Waals surface area contributed by atoms with Gasteiger partial charge in [0, 0.05) is 32.2 Å². The fraction of sp³-hybridized carbons (Fsp3) is 0.286. The maximum Gasteiger partial charge on any atom is 0.256 e. The number of carbonyl (C=O) groups is 1. The van der Waals surface area contributed by atoms with E-state index in [2.05, 4.69) is 10.1 Å². The van der Waals surface area contributed by atoms with Crippen LogP contribution in [-0.2, 0) is 13.5 Å². The molecule has 0 spiro atoms. The van der Waals surface area contributed by atoms with Gasteiger partial charge in [0.2, 0.25) is 0 Å². The van der Waals surface area contributed by atoms with Crippen LogP contribution in [0.1, 0.15) is 33.2 Å². The molecule has 0 saturated heterocycles. The molecule has 1 atom stereocenters. The standard InChI is InChI=1S/C21H22N4O3/c1-24-17(6-9-23-24)20-16-12-19(28-3)18(27-2)11-14(16)7-10-25(20)21(26)15-5-4-8-22-13-15/h4-6,8-9,11-13,20H,7,10H2,1-3H3/t20-/m0/s1. The molecule has 0 N–H and O–H groups in total. The number of rotatable bonds is 4. The van der Waals surface area contributed by atoms with E-state index in [1.54, 1.807) is 49.6 Å². The van der Waals surface area contributed by atoms with Gasteiger partial charge in [-0.25, -0.2) is 0 Å². The number of pyridine rings is 1. The molecule has 7 heteroatoms. The fourth-order valence-electron chi connectivity index (χ4n) is 3.79. The van der Waals surface area contributed by atoms with Crippen LogP contribution in [0.5, 0.6) is 11.5 Å². The molecule has 0 bridgehead atoms. The minimum Gasteiger partial charge on any atom is -0.493 e. The monoisotopic (exact) mass is 378 g/mol. The maximum absolute atomic E-state index is 13.3. The van der Waals surface area contributed by atoms with Crippen molar-refractivity contribution < 1.29 is 14.3 Å². The Labute approximate surface area is 163 Å². The van der Waals surface area contributed by atoms with E-state index in [1.165, 1.54) is 0 Å². The summed E-state index contributed by atoms with van der Waals surface area (Å²) < 4.78 is 12.8. The number of ether oxygens (including phenoxy) is 2. The summed E-state index contributed by atoms with van der Waals surface area (Å²) in [5, 5.41) is 4.32. The summed E-state index contributed by atoms with van der Waals surface area (Å²) in [5.41, 5.74) is 3.66. The summed E-state index contributed by atoms with van der Waals surface area (Å²) in [6, 6.07) is 9.21. The lowest BCUT2D eigenvalue weighted by Gasteiger charge is -2.37. The Balaban J connectivity index is 1.86. The topological polar surface area (TPSA) is 69.5 Å². The second-order valence-corrected chi connectivity index (χ2v) is 6.68. The lowest BCUT2D eigenvalue weighted by atomic mass is 9.89. The molecule has 144 valence electrons. The molecule has 1 amide bonds. The number of aryl methyl sites for hydroxylation is 1. The van der Waals surface area contributed by atoms with E-state index in [0.29, 0.717) is 23.6 Å². The van der Waals surface area contributed by atoms with Crippen molar-refractivity contribution in [3.63, 3.8) is 0 Å². The zero-order valence-electron chi connectivity index (χ0n) is 16.1. The highest BCUT2D eigenvalue weighted by Gasteiger charge is 2.35. The number of hydrogen-bond acceptors (Lipinski definition) is 5. The van der Waals surface area contributed by atoms with Crippen LogP contribution in [0.15, 0.2) is 48.9 Å². The normalized spacial score (nSPS) is 15.8. The molecule has 0 radical (unpaired) electrons. The summed E-state index contributed by atoms with van der Waals surface area (Å²) in [7, 11) is 5.13. The Morgan fingerprint density at radius 1 is 1.14 bits per heavy atom. The average molecular weight is 378 g/mol. The SMILES string of the molecule is COc1cc2c(cc1OC)[C@@H](c1ccnn1C)N(C(=O)c1cccnc1)CC2. The molecule has 1 aromatic carbocycles. The lowest BCUT2D eigenvalue weighted by molar-refractivity contribution is 0.0687. The molecular formula is C21H22N4O3. The predicted octanol–water partition coefficient (Wildman–Crippen LogP) is 2.62. The molecular weight excluding hydrogens is 356 g/mol. The summed E-state index contributed by atoms with van der Waals surface area (Å²) in [4.78, 5) is 19.3. The molecule has 0 aliphatic carbocycles. The largest absolute Gasteiger partial charge is 0.493 e. The van der Waals surface area contributed by atoms with Crippen molar-refractivity contribution in [2.45, 2.75) is 12.5 Å². The van der Waals surface area contributed by atoms with E-state index in [-0.39, 0.29) is 11.9 Å². The maximum atomic E-state index is 13.3.